The maximum Gasteiger partial charge on any atom is 0.502 e. The van der Waals surface area contributed by atoms with Gasteiger partial charge in [-0.2, -0.15) is 4.89 Å². The van der Waals surface area contributed by atoms with Gasteiger partial charge in [-0.3, -0.25) is 0 Å². The van der Waals surface area contributed by atoms with Crippen molar-refractivity contribution in [2.75, 3.05) is 6.66 Å². The highest BCUT2D eigenvalue weighted by molar-refractivity contribution is 7.36. The lowest BCUT2D eigenvalue weighted by atomic mass is 12.0. The molecule has 1 N–H and O–H groups in total. The van der Waals surface area contributed by atoms with E-state index in [2.05, 4.69) is 0 Å². The Morgan fingerprint density at radius 1 is 1.80 bits per heavy atom. The minimum atomic E-state index is -1.87. The second kappa shape index (κ2) is 4.83. The van der Waals surface area contributed by atoms with Crippen molar-refractivity contribution in [1.29, 1.82) is 0 Å². The largest absolute Gasteiger partial charge is 0.502 e. The van der Waals surface area contributed by atoms with Crippen LogP contribution in [0.3, 0.4) is 0 Å². The van der Waals surface area contributed by atoms with E-state index in [-0.39, 0.29) is 23.1 Å². The third-order valence-corrected chi connectivity index (χ3v) is 0. The summed E-state index contributed by atoms with van der Waals surface area (Å²) in [5, 5.41) is 0. The van der Waals surface area contributed by atoms with Gasteiger partial charge in [0.25, 0.3) is 0 Å². The maximum atomic E-state index is 9.15. The summed E-state index contributed by atoms with van der Waals surface area (Å²) in [7, 11) is -1.87. The van der Waals surface area contributed by atoms with Gasteiger partial charge in [0.2, 0.25) is 0 Å². The van der Waals surface area contributed by atoms with Crippen LogP contribution in [-0.4, -0.2) is 34.6 Å². The van der Waals surface area contributed by atoms with Gasteiger partial charge in [0.1, 0.15) is 0 Å². The maximum absolute atomic E-state index is 9.15. The molecular weight excluding hydrogens is 99.3 g/mol. The summed E-state index contributed by atoms with van der Waals surface area (Å²) in [6.07, 6.45) is 0. The van der Waals surface area contributed by atoms with Gasteiger partial charge >= 0.3 is 8.03 Å². The van der Waals surface area contributed by atoms with Gasteiger partial charge in [0.05, 0.1) is 0 Å². The van der Waals surface area contributed by atoms with Crippen LogP contribution in [0.2, 0.25) is 0 Å². The SMILES string of the molecule is C[P+](=O)O.[Mg]. The molecule has 26 valence electrons. The highest BCUT2D eigenvalue weighted by Crippen LogP contribution is 1.99. The zero-order valence-electron chi connectivity index (χ0n) is 3.01. The summed E-state index contributed by atoms with van der Waals surface area (Å²) < 4.78 is 9.15. The van der Waals surface area contributed by atoms with Crippen LogP contribution in [0, 0.1) is 0 Å². The van der Waals surface area contributed by atoms with E-state index in [1.54, 1.807) is 0 Å². The van der Waals surface area contributed by atoms with Gasteiger partial charge in [-0.25, -0.2) is 0 Å². The first-order valence-electron chi connectivity index (χ1n) is 0.830. The Bertz CT molecular complexity index is 32.6. The van der Waals surface area contributed by atoms with Gasteiger partial charge in [-0.1, -0.05) is 0 Å². The summed E-state index contributed by atoms with van der Waals surface area (Å²) in [5.74, 6) is 0. The number of hydrogen-bond acceptors (Lipinski definition) is 1. The van der Waals surface area contributed by atoms with Gasteiger partial charge in [0.15, 0.2) is 6.66 Å². The molecule has 0 aliphatic rings. The molecule has 0 aliphatic heterocycles. The predicted octanol–water partition coefficient (Wildman–Crippen LogP) is -0.0299. The molecule has 0 aromatic carbocycles. The number of rotatable bonds is 0. The van der Waals surface area contributed by atoms with E-state index in [1.807, 2.05) is 0 Å². The zero-order valence-corrected chi connectivity index (χ0v) is 5.32. The van der Waals surface area contributed by atoms with Crippen LogP contribution in [0.15, 0.2) is 0 Å². The van der Waals surface area contributed by atoms with Crippen LogP contribution in [0.25, 0.3) is 0 Å². The summed E-state index contributed by atoms with van der Waals surface area (Å²) in [6, 6.07) is 0. The molecule has 0 saturated heterocycles. The Balaban J connectivity index is 0. The zero-order chi connectivity index (χ0) is 3.58. The topological polar surface area (TPSA) is 37.3 Å². The van der Waals surface area contributed by atoms with Crippen LogP contribution in [0.1, 0.15) is 0 Å². The highest BCUT2D eigenvalue weighted by Gasteiger charge is 1.86. The predicted molar refractivity (Wildman–Crippen MR) is 21.5 cm³/mol. The summed E-state index contributed by atoms with van der Waals surface area (Å²) in [4.78, 5) is 7.56. The molecule has 0 heterocycles. The van der Waals surface area contributed by atoms with Gasteiger partial charge in [-0.05, 0) is 4.57 Å². The van der Waals surface area contributed by atoms with Gasteiger partial charge in [0, 0.05) is 23.1 Å². The van der Waals surface area contributed by atoms with Crippen molar-refractivity contribution >= 4 is 31.1 Å². The molecule has 1 atom stereocenters. The standard InChI is InChI=1S/CH3O2P.Mg/c1-4(2)3;/h1H3;/p+1. The third kappa shape index (κ3) is 56.5. The fourth-order valence-electron chi connectivity index (χ4n) is 0. The van der Waals surface area contributed by atoms with Crippen LogP contribution in [0.5, 0.6) is 0 Å². The molecule has 0 amide bonds. The summed E-state index contributed by atoms with van der Waals surface area (Å²) in [5.41, 5.74) is 0. The molecule has 0 fully saturated rings. The average molecular weight is 103 g/mol. The second-order valence-electron chi connectivity index (χ2n) is 0.464. The first kappa shape index (κ1) is 9.27. The summed E-state index contributed by atoms with van der Waals surface area (Å²) in [6.45, 7) is 1.23. The van der Waals surface area contributed by atoms with Crippen LogP contribution in [0.4, 0.5) is 0 Å². The number of hydrogen-bond donors (Lipinski definition) is 1. The minimum Gasteiger partial charge on any atom is -0.161 e. The molecule has 0 bridgehead atoms. The molecule has 0 spiro atoms. The molecule has 2 radical (unpaired) electrons. The second-order valence-corrected chi connectivity index (χ2v) is 1.39. The molecular formula is CH4MgO2P+. The first-order chi connectivity index (χ1) is 1.73. The monoisotopic (exact) mass is 103 g/mol. The molecule has 4 heteroatoms. The van der Waals surface area contributed by atoms with Crippen molar-refractivity contribution in [2.45, 2.75) is 0 Å². The fraction of sp³-hybridized carbons (Fsp3) is 1.00. The molecule has 0 aromatic rings. The molecule has 1 unspecified atom stereocenters. The van der Waals surface area contributed by atoms with Gasteiger partial charge < -0.3 is 0 Å². The average Bonchev–Trinajstić information content (AvgIpc) is 0.811. The van der Waals surface area contributed by atoms with Crippen LogP contribution < -0.4 is 0 Å². The van der Waals surface area contributed by atoms with Crippen LogP contribution in [-0.2, 0) is 4.57 Å². The van der Waals surface area contributed by atoms with Crippen molar-refractivity contribution in [1.82, 2.24) is 0 Å². The molecule has 0 aromatic heterocycles. The van der Waals surface area contributed by atoms with E-state index in [1.165, 1.54) is 6.66 Å². The Labute approximate surface area is 47.6 Å². The lowest BCUT2D eigenvalue weighted by Gasteiger charge is -1.36. The molecule has 2 nitrogen and oxygen atoms in total. The smallest absolute Gasteiger partial charge is 0.161 e. The third-order valence-electron chi connectivity index (χ3n) is 0. The van der Waals surface area contributed by atoms with Gasteiger partial charge in [-0.15, -0.1) is 0 Å². The lowest BCUT2D eigenvalue weighted by molar-refractivity contribution is 0.509. The Kier molecular flexibility index (Phi) is 8.95. The quantitative estimate of drug-likeness (QED) is 0.345. The molecule has 5 heavy (non-hydrogen) atoms. The Morgan fingerprint density at radius 2 is 1.80 bits per heavy atom. The van der Waals surface area contributed by atoms with E-state index in [9.17, 15) is 0 Å². The molecule has 0 rings (SSSR count). The minimum absolute atomic E-state index is 0. The first-order valence-corrected chi connectivity index (χ1v) is 2.49. The van der Waals surface area contributed by atoms with Crippen molar-refractivity contribution < 1.29 is 9.46 Å². The molecule has 0 saturated carbocycles. The van der Waals surface area contributed by atoms with E-state index in [4.69, 9.17) is 9.46 Å². The lowest BCUT2D eigenvalue weighted by Crippen LogP contribution is -1.35. The fourth-order valence-corrected chi connectivity index (χ4v) is 0. The van der Waals surface area contributed by atoms with Crippen molar-refractivity contribution in [3.05, 3.63) is 0 Å². The van der Waals surface area contributed by atoms with E-state index < -0.39 is 8.03 Å². The van der Waals surface area contributed by atoms with E-state index in [0.717, 1.165) is 0 Å². The van der Waals surface area contributed by atoms with Crippen molar-refractivity contribution in [3.63, 3.8) is 0 Å². The Hall–Kier alpha value is 0.826. The van der Waals surface area contributed by atoms with E-state index >= 15 is 0 Å². The van der Waals surface area contributed by atoms with Crippen molar-refractivity contribution in [2.24, 2.45) is 0 Å². The Morgan fingerprint density at radius 3 is 1.80 bits per heavy atom. The summed E-state index contributed by atoms with van der Waals surface area (Å²) >= 11 is 0. The van der Waals surface area contributed by atoms with E-state index in [0.29, 0.717) is 0 Å². The van der Waals surface area contributed by atoms with Crippen molar-refractivity contribution in [3.8, 4) is 0 Å². The molecule has 0 aliphatic carbocycles. The van der Waals surface area contributed by atoms with Crippen LogP contribution >= 0.6 is 8.03 Å². The highest BCUT2D eigenvalue weighted by atomic mass is 31.1. The normalized spacial score (nSPS) is 8.80.